The molecule has 0 N–H and O–H groups in total. The molecule has 1 aliphatic heterocycles. The number of aromatic nitrogens is 4. The number of amides is 1. The molecule has 41 heavy (non-hydrogen) atoms. The Bertz CT molecular complexity index is 1840. The van der Waals surface area contributed by atoms with Gasteiger partial charge in [-0.15, -0.1) is 0 Å². The minimum atomic E-state index is -1.38. The number of rotatable bonds is 7. The summed E-state index contributed by atoms with van der Waals surface area (Å²) >= 11 is 0. The van der Waals surface area contributed by atoms with Gasteiger partial charge in [-0.3, -0.25) is 29.0 Å². The molecule has 10 heteroatoms. The number of para-hydroxylation sites is 1. The zero-order chi connectivity index (χ0) is 28.7. The van der Waals surface area contributed by atoms with Crippen molar-refractivity contribution in [3.05, 3.63) is 90.1 Å². The van der Waals surface area contributed by atoms with Crippen LogP contribution in [0.3, 0.4) is 0 Å². The van der Waals surface area contributed by atoms with Gasteiger partial charge in [-0.1, -0.05) is 42.5 Å². The van der Waals surface area contributed by atoms with Gasteiger partial charge in [-0.2, -0.15) is 5.10 Å². The maximum Gasteiger partial charge on any atom is 0.245 e. The van der Waals surface area contributed by atoms with E-state index in [-0.39, 0.29) is 43.0 Å². The van der Waals surface area contributed by atoms with E-state index in [4.69, 9.17) is 0 Å². The first kappa shape index (κ1) is 26.4. The summed E-state index contributed by atoms with van der Waals surface area (Å²) in [5, 5.41) is 4.92. The van der Waals surface area contributed by atoms with Crippen molar-refractivity contribution in [2.45, 2.75) is 38.5 Å². The molecule has 0 aliphatic carbocycles. The van der Waals surface area contributed by atoms with Crippen LogP contribution in [0.2, 0.25) is 0 Å². The number of nitrogens with zero attached hydrogens (tertiary/aromatic N) is 5. The summed E-state index contributed by atoms with van der Waals surface area (Å²) in [6.45, 7) is 0.889. The van der Waals surface area contributed by atoms with E-state index < -0.39 is 29.7 Å². The van der Waals surface area contributed by atoms with Gasteiger partial charge in [0.2, 0.25) is 5.91 Å². The molecule has 2 atom stereocenters. The van der Waals surface area contributed by atoms with E-state index >= 15 is 4.39 Å². The number of hydrogen-bond acceptors (Lipinski definition) is 6. The van der Waals surface area contributed by atoms with Crippen LogP contribution >= 0.6 is 0 Å². The van der Waals surface area contributed by atoms with Gasteiger partial charge in [0.25, 0.3) is 0 Å². The number of benzene rings is 3. The lowest BCUT2D eigenvalue weighted by Crippen LogP contribution is -2.43. The molecular formula is C31H25F2N5O3. The molecule has 2 aromatic heterocycles. The van der Waals surface area contributed by atoms with E-state index in [2.05, 4.69) is 15.1 Å². The number of ketones is 2. The van der Waals surface area contributed by atoms with Crippen LogP contribution in [0.5, 0.6) is 0 Å². The molecule has 0 radical (unpaired) electrons. The van der Waals surface area contributed by atoms with Crippen LogP contribution in [0.25, 0.3) is 33.1 Å². The van der Waals surface area contributed by atoms with E-state index in [0.717, 1.165) is 0 Å². The highest BCUT2D eigenvalue weighted by Crippen LogP contribution is 2.29. The topological polar surface area (TPSA) is 98.1 Å². The lowest BCUT2D eigenvalue weighted by atomic mass is 9.96. The molecule has 206 valence electrons. The number of alkyl halides is 1. The minimum Gasteiger partial charge on any atom is -0.328 e. The predicted octanol–water partition coefficient (Wildman–Crippen LogP) is 4.74. The second kappa shape index (κ2) is 10.6. The molecule has 0 unspecified atom stereocenters. The Balaban J connectivity index is 1.23. The maximum atomic E-state index is 15.7. The molecule has 0 bridgehead atoms. The molecule has 5 aromatic rings. The first-order valence-corrected chi connectivity index (χ1v) is 13.2. The Morgan fingerprint density at radius 3 is 2.56 bits per heavy atom. The predicted molar refractivity (Wildman–Crippen MR) is 148 cm³/mol. The second-order valence-corrected chi connectivity index (χ2v) is 10.2. The fraction of sp³-hybridized carbons (Fsp3) is 0.226. The molecule has 1 fully saturated rings. The first-order chi connectivity index (χ1) is 19.8. The van der Waals surface area contributed by atoms with Gasteiger partial charge in [-0.25, -0.2) is 8.78 Å². The van der Waals surface area contributed by atoms with E-state index in [1.54, 1.807) is 67.0 Å². The number of likely N-dealkylation sites (tertiary alicyclic amines) is 1. The Hall–Kier alpha value is -4.86. The van der Waals surface area contributed by atoms with Crippen molar-refractivity contribution < 1.29 is 23.2 Å². The Kier molecular flexibility index (Phi) is 6.82. The van der Waals surface area contributed by atoms with Crippen LogP contribution in [0, 0.1) is 5.82 Å². The van der Waals surface area contributed by atoms with Crippen molar-refractivity contribution >= 4 is 39.4 Å². The van der Waals surface area contributed by atoms with Crippen LogP contribution in [0.15, 0.2) is 73.1 Å². The van der Waals surface area contributed by atoms with Crippen molar-refractivity contribution in [2.75, 3.05) is 6.54 Å². The largest absolute Gasteiger partial charge is 0.328 e. The third-order valence-corrected chi connectivity index (χ3v) is 7.44. The highest BCUT2D eigenvalue weighted by atomic mass is 19.1. The summed E-state index contributed by atoms with van der Waals surface area (Å²) < 4.78 is 31.6. The fourth-order valence-corrected chi connectivity index (χ4v) is 5.47. The van der Waals surface area contributed by atoms with Crippen molar-refractivity contribution in [2.24, 2.45) is 0 Å². The minimum absolute atomic E-state index is 0.158. The summed E-state index contributed by atoms with van der Waals surface area (Å²) in [6, 6.07) is 16.0. The summed E-state index contributed by atoms with van der Waals surface area (Å²) in [5.74, 6) is -1.75. The van der Waals surface area contributed by atoms with Gasteiger partial charge in [0.15, 0.2) is 11.6 Å². The first-order valence-electron chi connectivity index (χ1n) is 13.2. The number of carbonyl (C=O) groups excluding carboxylic acids is 3. The van der Waals surface area contributed by atoms with Crippen molar-refractivity contribution in [1.29, 1.82) is 0 Å². The van der Waals surface area contributed by atoms with Crippen molar-refractivity contribution in [3.63, 3.8) is 0 Å². The number of hydrogen-bond donors (Lipinski definition) is 0. The highest BCUT2D eigenvalue weighted by Gasteiger charge is 2.40. The summed E-state index contributed by atoms with van der Waals surface area (Å²) in [5.41, 5.74) is 3.16. The lowest BCUT2D eigenvalue weighted by Gasteiger charge is -2.23. The number of fused-ring (bicyclic) bond motifs is 2. The third kappa shape index (κ3) is 4.97. The van der Waals surface area contributed by atoms with Crippen LogP contribution < -0.4 is 0 Å². The van der Waals surface area contributed by atoms with Crippen LogP contribution in [0.1, 0.15) is 29.4 Å². The molecule has 1 aliphatic rings. The molecule has 0 saturated carbocycles. The number of carbonyl (C=O) groups is 3. The quantitative estimate of drug-likeness (QED) is 0.270. The molecule has 1 amide bonds. The third-order valence-electron chi connectivity index (χ3n) is 7.44. The molecule has 8 nitrogen and oxygen atoms in total. The molecular weight excluding hydrogens is 528 g/mol. The lowest BCUT2D eigenvalue weighted by molar-refractivity contribution is -0.138. The van der Waals surface area contributed by atoms with E-state index in [1.165, 1.54) is 22.6 Å². The zero-order valence-corrected chi connectivity index (χ0v) is 22.1. The second-order valence-electron chi connectivity index (χ2n) is 10.2. The number of halogens is 2. The normalized spacial score (nSPS) is 16.9. The smallest absolute Gasteiger partial charge is 0.245 e. The van der Waals surface area contributed by atoms with Crippen molar-refractivity contribution in [3.8, 4) is 11.1 Å². The Labute approximate surface area is 233 Å². The standard InChI is InChI=1S/C31H25F2N5O3/c1-18(39)31-23-6-2-3-8-26(23)38(36-31)17-29(41)37-16-21(32)15-27(37)28(40)14-20-5-4-7-22(30(20)33)19-9-10-24-25(13-19)35-12-11-34-24/h2-13,21,27H,14-17H2,1H3/t21-,27+/m1/s1. The van der Waals surface area contributed by atoms with Gasteiger partial charge in [0, 0.05) is 43.1 Å². The van der Waals surface area contributed by atoms with E-state index in [0.29, 0.717) is 33.1 Å². The number of Topliss-reactive ketones (excluding diaryl/α,β-unsaturated/α-hetero) is 2. The van der Waals surface area contributed by atoms with Gasteiger partial charge >= 0.3 is 0 Å². The Morgan fingerprint density at radius 2 is 1.76 bits per heavy atom. The van der Waals surface area contributed by atoms with Crippen LogP contribution in [-0.4, -0.2) is 60.9 Å². The molecule has 3 heterocycles. The summed E-state index contributed by atoms with van der Waals surface area (Å²) in [6.07, 6.45) is 1.29. The van der Waals surface area contributed by atoms with Gasteiger partial charge < -0.3 is 4.90 Å². The molecule has 1 saturated heterocycles. The van der Waals surface area contributed by atoms with Gasteiger partial charge in [-0.05, 0) is 29.3 Å². The van der Waals surface area contributed by atoms with E-state index in [1.807, 2.05) is 0 Å². The Morgan fingerprint density at radius 1 is 0.976 bits per heavy atom. The average Bonchev–Trinajstić information content (AvgIpc) is 3.55. The van der Waals surface area contributed by atoms with Crippen LogP contribution in [-0.2, 0) is 22.6 Å². The average molecular weight is 554 g/mol. The SMILES string of the molecule is CC(=O)c1nn(CC(=O)N2C[C@H](F)C[C@H]2C(=O)Cc2cccc(-c3ccc4nccnc4c3)c2F)c2ccccc12. The molecule has 3 aromatic carbocycles. The van der Waals surface area contributed by atoms with Gasteiger partial charge in [0.05, 0.1) is 29.1 Å². The zero-order valence-electron chi connectivity index (χ0n) is 22.1. The highest BCUT2D eigenvalue weighted by molar-refractivity contribution is 6.05. The monoisotopic (exact) mass is 553 g/mol. The van der Waals surface area contributed by atoms with Gasteiger partial charge in [0.1, 0.15) is 24.2 Å². The maximum absolute atomic E-state index is 15.7. The molecule has 0 spiro atoms. The molecule has 6 rings (SSSR count). The fourth-order valence-electron chi connectivity index (χ4n) is 5.47. The summed E-state index contributed by atoms with van der Waals surface area (Å²) in [4.78, 5) is 48.5. The van der Waals surface area contributed by atoms with Crippen molar-refractivity contribution in [1.82, 2.24) is 24.6 Å². The van der Waals surface area contributed by atoms with Crippen LogP contribution in [0.4, 0.5) is 8.78 Å². The van der Waals surface area contributed by atoms with E-state index in [9.17, 15) is 18.8 Å². The summed E-state index contributed by atoms with van der Waals surface area (Å²) in [7, 11) is 0.